The molecule has 0 bridgehead atoms. The van der Waals surface area contributed by atoms with E-state index >= 15 is 0 Å². The maximum atomic E-state index is 12.4. The summed E-state index contributed by atoms with van der Waals surface area (Å²) < 4.78 is 0. The first-order valence-corrected chi connectivity index (χ1v) is 7.75. The molecule has 1 saturated heterocycles. The number of rotatable bonds is 3. The number of amides is 1. The smallest absolute Gasteiger partial charge is 0.274 e. The van der Waals surface area contributed by atoms with Crippen molar-refractivity contribution in [1.82, 2.24) is 19.8 Å². The lowest BCUT2D eigenvalue weighted by molar-refractivity contribution is 0.0136. The van der Waals surface area contributed by atoms with Gasteiger partial charge in [0.15, 0.2) is 0 Å². The molecule has 0 aliphatic carbocycles. The van der Waals surface area contributed by atoms with Crippen molar-refractivity contribution in [2.24, 2.45) is 5.41 Å². The summed E-state index contributed by atoms with van der Waals surface area (Å²) in [6.07, 6.45) is 2.79. The van der Waals surface area contributed by atoms with Gasteiger partial charge in [0, 0.05) is 38.9 Å². The van der Waals surface area contributed by atoms with Crippen LogP contribution in [0.25, 0.3) is 0 Å². The highest BCUT2D eigenvalue weighted by molar-refractivity contribution is 5.92. The molecule has 1 aromatic rings. The van der Waals surface area contributed by atoms with Crippen LogP contribution in [0.15, 0.2) is 12.4 Å². The fourth-order valence-electron chi connectivity index (χ4n) is 2.32. The number of aromatic nitrogens is 2. The number of aliphatic hydroxyl groups is 1. The predicted molar refractivity (Wildman–Crippen MR) is 84.6 cm³/mol. The van der Waals surface area contributed by atoms with E-state index < -0.39 is 0 Å². The Balaban J connectivity index is 1.87. The molecule has 0 saturated carbocycles. The van der Waals surface area contributed by atoms with Crippen molar-refractivity contribution in [3.8, 4) is 0 Å². The fraction of sp³-hybridized carbons (Fsp3) is 0.688. The summed E-state index contributed by atoms with van der Waals surface area (Å²) in [6, 6.07) is 0. The van der Waals surface area contributed by atoms with E-state index in [4.69, 9.17) is 0 Å². The Hall–Kier alpha value is -1.53. The molecular formula is C16H26N4O2. The molecule has 1 atom stereocenters. The first kappa shape index (κ1) is 16.8. The predicted octanol–water partition coefficient (Wildman–Crippen LogP) is 0.950. The zero-order valence-corrected chi connectivity index (χ0v) is 13.9. The molecule has 1 aromatic heterocycles. The van der Waals surface area contributed by atoms with Crippen LogP contribution >= 0.6 is 0 Å². The largest absolute Gasteiger partial charge is 0.391 e. The van der Waals surface area contributed by atoms with Gasteiger partial charge < -0.3 is 10.0 Å². The third-order valence-corrected chi connectivity index (χ3v) is 4.09. The summed E-state index contributed by atoms with van der Waals surface area (Å²) in [4.78, 5) is 24.6. The number of hydrogen-bond donors (Lipinski definition) is 1. The first-order chi connectivity index (χ1) is 10.3. The average molecular weight is 306 g/mol. The fourth-order valence-corrected chi connectivity index (χ4v) is 2.32. The van der Waals surface area contributed by atoms with E-state index in [9.17, 15) is 9.90 Å². The molecule has 6 heteroatoms. The summed E-state index contributed by atoms with van der Waals surface area (Å²) in [5.74, 6) is -0.0662. The highest BCUT2D eigenvalue weighted by atomic mass is 16.3. The maximum absolute atomic E-state index is 12.4. The highest BCUT2D eigenvalue weighted by Crippen LogP contribution is 2.20. The van der Waals surface area contributed by atoms with E-state index in [1.54, 1.807) is 11.1 Å². The van der Waals surface area contributed by atoms with Crippen LogP contribution in [0, 0.1) is 12.3 Å². The molecule has 22 heavy (non-hydrogen) atoms. The van der Waals surface area contributed by atoms with Crippen molar-refractivity contribution in [2.45, 2.75) is 33.8 Å². The molecule has 122 valence electrons. The Bertz CT molecular complexity index is 502. The van der Waals surface area contributed by atoms with Gasteiger partial charge in [-0.2, -0.15) is 0 Å². The Labute approximate surface area is 132 Å². The van der Waals surface area contributed by atoms with Crippen molar-refractivity contribution in [2.75, 3.05) is 32.7 Å². The van der Waals surface area contributed by atoms with E-state index in [0.29, 0.717) is 25.3 Å². The van der Waals surface area contributed by atoms with Gasteiger partial charge in [-0.25, -0.2) is 4.98 Å². The topological polar surface area (TPSA) is 69.6 Å². The number of aliphatic hydroxyl groups excluding tert-OH is 1. The van der Waals surface area contributed by atoms with Crippen molar-refractivity contribution in [3.05, 3.63) is 23.8 Å². The number of hydrogen-bond acceptors (Lipinski definition) is 5. The molecule has 0 radical (unpaired) electrons. The zero-order chi connectivity index (χ0) is 16.3. The van der Waals surface area contributed by atoms with Crippen molar-refractivity contribution < 1.29 is 9.90 Å². The van der Waals surface area contributed by atoms with Gasteiger partial charge in [0.1, 0.15) is 5.69 Å². The van der Waals surface area contributed by atoms with Gasteiger partial charge >= 0.3 is 0 Å². The molecule has 1 N–H and O–H groups in total. The number of carbonyl (C=O) groups excluding carboxylic acids is 1. The van der Waals surface area contributed by atoms with Crippen LogP contribution in [0.1, 0.15) is 37.0 Å². The minimum Gasteiger partial charge on any atom is -0.391 e. The molecule has 6 nitrogen and oxygen atoms in total. The quantitative estimate of drug-likeness (QED) is 0.900. The number of carbonyl (C=O) groups is 1. The van der Waals surface area contributed by atoms with E-state index in [-0.39, 0.29) is 17.4 Å². The van der Waals surface area contributed by atoms with Crippen LogP contribution in [0.3, 0.4) is 0 Å². The summed E-state index contributed by atoms with van der Waals surface area (Å²) in [7, 11) is 0. The van der Waals surface area contributed by atoms with Gasteiger partial charge in [0.25, 0.3) is 5.91 Å². The number of piperazine rings is 1. The van der Waals surface area contributed by atoms with E-state index in [0.717, 1.165) is 18.8 Å². The van der Waals surface area contributed by atoms with Crippen molar-refractivity contribution >= 4 is 5.91 Å². The van der Waals surface area contributed by atoms with Crippen LogP contribution in [0.4, 0.5) is 0 Å². The van der Waals surface area contributed by atoms with Crippen LogP contribution in [0.5, 0.6) is 0 Å². The third-order valence-electron chi connectivity index (χ3n) is 4.09. The van der Waals surface area contributed by atoms with E-state index in [1.807, 2.05) is 27.7 Å². The third kappa shape index (κ3) is 4.24. The van der Waals surface area contributed by atoms with E-state index in [1.165, 1.54) is 6.20 Å². The van der Waals surface area contributed by atoms with Gasteiger partial charge in [-0.15, -0.1) is 0 Å². The molecular weight excluding hydrogens is 280 g/mol. The van der Waals surface area contributed by atoms with Crippen molar-refractivity contribution in [1.29, 1.82) is 0 Å². The molecule has 0 spiro atoms. The summed E-state index contributed by atoms with van der Waals surface area (Å²) in [5.41, 5.74) is 1.08. The monoisotopic (exact) mass is 306 g/mol. The van der Waals surface area contributed by atoms with Crippen LogP contribution in [0.2, 0.25) is 0 Å². The molecule has 0 unspecified atom stereocenters. The Kier molecular flexibility index (Phi) is 5.13. The highest BCUT2D eigenvalue weighted by Gasteiger charge is 2.28. The molecule has 1 fully saturated rings. The standard InChI is InChI=1S/C16H26N4O2/c1-12-9-18-13(10-17-12)15(22)20-7-5-19(6-8-20)11-14(21)16(2,3)4/h9-10,14,21H,5-8,11H2,1-4H3/t14-/m0/s1. The Morgan fingerprint density at radius 2 is 1.86 bits per heavy atom. The summed E-state index contributed by atoms with van der Waals surface area (Å²) in [5, 5.41) is 10.2. The maximum Gasteiger partial charge on any atom is 0.274 e. The van der Waals surface area contributed by atoms with Crippen LogP contribution < -0.4 is 0 Å². The first-order valence-electron chi connectivity index (χ1n) is 7.75. The van der Waals surface area contributed by atoms with Gasteiger partial charge in [-0.05, 0) is 12.3 Å². The van der Waals surface area contributed by atoms with Crippen LogP contribution in [-0.4, -0.2) is 69.6 Å². The lowest BCUT2D eigenvalue weighted by Crippen LogP contribution is -2.51. The van der Waals surface area contributed by atoms with Gasteiger partial charge in [-0.1, -0.05) is 20.8 Å². The zero-order valence-electron chi connectivity index (χ0n) is 13.9. The number of nitrogens with zero attached hydrogens (tertiary/aromatic N) is 4. The molecule has 0 aromatic carbocycles. The second-order valence-corrected chi connectivity index (χ2v) is 7.02. The Morgan fingerprint density at radius 1 is 1.23 bits per heavy atom. The molecule has 1 aliphatic heterocycles. The second-order valence-electron chi connectivity index (χ2n) is 7.02. The van der Waals surface area contributed by atoms with Crippen LogP contribution in [-0.2, 0) is 0 Å². The lowest BCUT2D eigenvalue weighted by Gasteiger charge is -2.37. The van der Waals surface area contributed by atoms with Gasteiger partial charge in [0.2, 0.25) is 0 Å². The summed E-state index contributed by atoms with van der Waals surface area (Å²) in [6.45, 7) is 11.5. The van der Waals surface area contributed by atoms with Crippen molar-refractivity contribution in [3.63, 3.8) is 0 Å². The minimum atomic E-state index is -0.363. The van der Waals surface area contributed by atoms with Gasteiger partial charge in [0.05, 0.1) is 18.0 Å². The summed E-state index contributed by atoms with van der Waals surface area (Å²) >= 11 is 0. The average Bonchev–Trinajstić information content (AvgIpc) is 2.47. The minimum absolute atomic E-state index is 0.0662. The molecule has 1 amide bonds. The Morgan fingerprint density at radius 3 is 2.36 bits per heavy atom. The van der Waals surface area contributed by atoms with Gasteiger partial charge in [-0.3, -0.25) is 14.7 Å². The number of β-amino-alcohol motifs (C(OH)–C–C–N with tert-alkyl or cyclic N) is 1. The molecule has 2 heterocycles. The normalized spacial score (nSPS) is 18.3. The van der Waals surface area contributed by atoms with E-state index in [2.05, 4.69) is 14.9 Å². The molecule has 1 aliphatic rings. The number of aryl methyl sites for hydroxylation is 1. The molecule has 2 rings (SSSR count). The lowest BCUT2D eigenvalue weighted by atomic mass is 9.89. The SMILES string of the molecule is Cc1cnc(C(=O)N2CCN(C[C@H](O)C(C)(C)C)CC2)cn1. The second kappa shape index (κ2) is 6.71.